The van der Waals surface area contributed by atoms with Crippen molar-refractivity contribution in [3.05, 3.63) is 95.6 Å². The maximum Gasteiger partial charge on any atom is 0.325 e. The summed E-state index contributed by atoms with van der Waals surface area (Å²) in [7, 11) is 0. The van der Waals surface area contributed by atoms with Gasteiger partial charge in [0.1, 0.15) is 12.1 Å². The van der Waals surface area contributed by atoms with Crippen LogP contribution in [0.15, 0.2) is 78.9 Å². The Morgan fingerprint density at radius 1 is 0.912 bits per heavy atom. The Bertz CT molecular complexity index is 1270. The van der Waals surface area contributed by atoms with E-state index in [4.69, 9.17) is 0 Å². The molecule has 172 valence electrons. The molecular weight excluding hydrogens is 432 g/mol. The minimum atomic E-state index is -1.26. The van der Waals surface area contributed by atoms with Crippen molar-refractivity contribution in [3.63, 3.8) is 0 Å². The maximum atomic E-state index is 13.0. The molecule has 0 aromatic heterocycles. The number of urea groups is 1. The standard InChI is InChI=1S/C26H24N4O4/c1-17-9-8-12-19(15-17)27-23(32)20-13-6-7-14-21(20)28-22(31)16-30-24(33)26(2,29-25(30)34)18-10-4-3-5-11-18/h3-15H,16H2,1-2H3,(H,27,32)(H,28,31)(H,29,34)/t26-/m1/s1. The summed E-state index contributed by atoms with van der Waals surface area (Å²) in [5.74, 6) is -1.52. The monoisotopic (exact) mass is 456 g/mol. The van der Waals surface area contributed by atoms with Crippen LogP contribution in [0.25, 0.3) is 0 Å². The Hall–Kier alpha value is -4.46. The van der Waals surface area contributed by atoms with Crippen LogP contribution in [0.5, 0.6) is 0 Å². The summed E-state index contributed by atoms with van der Waals surface area (Å²) in [6, 6.07) is 22.1. The third kappa shape index (κ3) is 4.52. The van der Waals surface area contributed by atoms with E-state index in [1.807, 2.05) is 31.2 Å². The lowest BCUT2D eigenvalue weighted by molar-refractivity contribution is -0.133. The van der Waals surface area contributed by atoms with Gasteiger partial charge in [-0.3, -0.25) is 19.3 Å². The second-order valence-corrected chi connectivity index (χ2v) is 8.23. The number of nitrogens with zero attached hydrogens (tertiary/aromatic N) is 1. The zero-order valence-corrected chi connectivity index (χ0v) is 18.8. The molecule has 0 spiro atoms. The van der Waals surface area contributed by atoms with Crippen molar-refractivity contribution in [2.75, 3.05) is 17.2 Å². The SMILES string of the molecule is Cc1cccc(NC(=O)c2ccccc2NC(=O)CN2C(=O)N[C@](C)(c3ccccc3)C2=O)c1. The number of benzene rings is 3. The first kappa shape index (κ1) is 22.7. The molecule has 8 nitrogen and oxygen atoms in total. The van der Waals surface area contributed by atoms with E-state index in [2.05, 4.69) is 16.0 Å². The van der Waals surface area contributed by atoms with Gasteiger partial charge in [-0.25, -0.2) is 4.79 Å². The van der Waals surface area contributed by atoms with Crippen LogP contribution in [0, 0.1) is 6.92 Å². The van der Waals surface area contributed by atoms with Crippen LogP contribution in [-0.2, 0) is 15.1 Å². The van der Waals surface area contributed by atoms with Crippen molar-refractivity contribution in [2.24, 2.45) is 0 Å². The summed E-state index contributed by atoms with van der Waals surface area (Å²) in [4.78, 5) is 52.0. The van der Waals surface area contributed by atoms with Crippen molar-refractivity contribution >= 4 is 35.1 Å². The molecule has 1 aliphatic heterocycles. The van der Waals surface area contributed by atoms with Gasteiger partial charge in [0.2, 0.25) is 5.91 Å². The Labute approximate surface area is 197 Å². The average molecular weight is 457 g/mol. The Morgan fingerprint density at radius 2 is 1.62 bits per heavy atom. The molecule has 4 rings (SSSR count). The van der Waals surface area contributed by atoms with E-state index < -0.39 is 35.8 Å². The van der Waals surface area contributed by atoms with Gasteiger partial charge in [-0.05, 0) is 49.2 Å². The predicted molar refractivity (Wildman–Crippen MR) is 128 cm³/mol. The minimum absolute atomic E-state index is 0.253. The van der Waals surface area contributed by atoms with Gasteiger partial charge in [0.05, 0.1) is 11.3 Å². The van der Waals surface area contributed by atoms with Gasteiger partial charge >= 0.3 is 6.03 Å². The second kappa shape index (κ2) is 9.19. The molecule has 3 aromatic rings. The number of para-hydroxylation sites is 1. The molecule has 0 radical (unpaired) electrons. The first-order chi connectivity index (χ1) is 16.3. The summed E-state index contributed by atoms with van der Waals surface area (Å²) in [6.45, 7) is 3.04. The average Bonchev–Trinajstić information content (AvgIpc) is 3.04. The van der Waals surface area contributed by atoms with Crippen LogP contribution >= 0.6 is 0 Å². The van der Waals surface area contributed by atoms with Gasteiger partial charge < -0.3 is 16.0 Å². The number of imide groups is 1. The fourth-order valence-corrected chi connectivity index (χ4v) is 3.85. The minimum Gasteiger partial charge on any atom is -0.324 e. The molecule has 34 heavy (non-hydrogen) atoms. The van der Waals surface area contributed by atoms with Crippen LogP contribution in [0.2, 0.25) is 0 Å². The summed E-state index contributed by atoms with van der Waals surface area (Å²) >= 11 is 0. The van der Waals surface area contributed by atoms with E-state index in [-0.39, 0.29) is 11.3 Å². The van der Waals surface area contributed by atoms with Gasteiger partial charge in [-0.1, -0.05) is 54.6 Å². The summed E-state index contributed by atoms with van der Waals surface area (Å²) < 4.78 is 0. The third-order valence-corrected chi connectivity index (χ3v) is 5.65. The zero-order valence-electron chi connectivity index (χ0n) is 18.8. The maximum absolute atomic E-state index is 13.0. The van der Waals surface area contributed by atoms with Crippen LogP contribution < -0.4 is 16.0 Å². The Kier molecular flexibility index (Phi) is 6.14. The normalized spacial score (nSPS) is 17.3. The molecule has 1 aliphatic rings. The highest BCUT2D eigenvalue weighted by molar-refractivity contribution is 6.12. The molecule has 8 heteroatoms. The second-order valence-electron chi connectivity index (χ2n) is 8.23. The van der Waals surface area contributed by atoms with E-state index in [0.29, 0.717) is 11.3 Å². The lowest BCUT2D eigenvalue weighted by Crippen LogP contribution is -2.42. The van der Waals surface area contributed by atoms with E-state index in [1.54, 1.807) is 61.5 Å². The van der Waals surface area contributed by atoms with Crippen LogP contribution in [0.1, 0.15) is 28.4 Å². The zero-order chi connectivity index (χ0) is 24.3. The lowest BCUT2D eigenvalue weighted by Gasteiger charge is -2.22. The highest BCUT2D eigenvalue weighted by Gasteiger charge is 2.49. The van der Waals surface area contributed by atoms with Crippen molar-refractivity contribution < 1.29 is 19.2 Å². The molecular formula is C26H24N4O4. The van der Waals surface area contributed by atoms with Crippen molar-refractivity contribution in [3.8, 4) is 0 Å². The molecule has 0 aliphatic carbocycles. The number of aryl methyl sites for hydroxylation is 1. The summed E-state index contributed by atoms with van der Waals surface area (Å²) in [6.07, 6.45) is 0. The van der Waals surface area contributed by atoms with Gasteiger partial charge in [0.15, 0.2) is 0 Å². The number of carbonyl (C=O) groups excluding carboxylic acids is 4. The molecule has 3 N–H and O–H groups in total. The van der Waals surface area contributed by atoms with E-state index >= 15 is 0 Å². The highest BCUT2D eigenvalue weighted by atomic mass is 16.2. The first-order valence-electron chi connectivity index (χ1n) is 10.7. The molecule has 3 aromatic carbocycles. The van der Waals surface area contributed by atoms with Crippen molar-refractivity contribution in [1.82, 2.24) is 10.2 Å². The number of hydrogen-bond donors (Lipinski definition) is 3. The molecule has 1 atom stereocenters. The lowest BCUT2D eigenvalue weighted by atomic mass is 9.92. The molecule has 1 heterocycles. The third-order valence-electron chi connectivity index (χ3n) is 5.65. The van der Waals surface area contributed by atoms with E-state index in [1.165, 1.54) is 0 Å². The van der Waals surface area contributed by atoms with Gasteiger partial charge in [0.25, 0.3) is 11.8 Å². The van der Waals surface area contributed by atoms with Gasteiger partial charge in [-0.2, -0.15) is 0 Å². The quantitative estimate of drug-likeness (QED) is 0.492. The molecule has 0 unspecified atom stereocenters. The molecule has 0 bridgehead atoms. The summed E-state index contributed by atoms with van der Waals surface area (Å²) in [5.41, 5.74) is 1.51. The van der Waals surface area contributed by atoms with Crippen LogP contribution in [-0.4, -0.2) is 35.2 Å². The van der Waals surface area contributed by atoms with E-state index in [9.17, 15) is 19.2 Å². The Balaban J connectivity index is 1.47. The predicted octanol–water partition coefficient (Wildman–Crippen LogP) is 3.65. The topological polar surface area (TPSA) is 108 Å². The number of anilines is 2. The first-order valence-corrected chi connectivity index (χ1v) is 10.7. The van der Waals surface area contributed by atoms with Gasteiger partial charge in [-0.15, -0.1) is 0 Å². The fraction of sp³-hybridized carbons (Fsp3) is 0.154. The van der Waals surface area contributed by atoms with E-state index in [0.717, 1.165) is 10.5 Å². The van der Waals surface area contributed by atoms with Crippen molar-refractivity contribution in [1.29, 1.82) is 0 Å². The smallest absolute Gasteiger partial charge is 0.324 e. The molecule has 0 saturated carbocycles. The molecule has 1 fully saturated rings. The Morgan fingerprint density at radius 3 is 2.35 bits per heavy atom. The van der Waals surface area contributed by atoms with Gasteiger partial charge in [0, 0.05) is 5.69 Å². The number of hydrogen-bond acceptors (Lipinski definition) is 4. The van der Waals surface area contributed by atoms with Crippen molar-refractivity contribution in [2.45, 2.75) is 19.4 Å². The fourth-order valence-electron chi connectivity index (χ4n) is 3.85. The highest BCUT2D eigenvalue weighted by Crippen LogP contribution is 2.28. The van der Waals surface area contributed by atoms with Crippen LogP contribution in [0.4, 0.5) is 16.2 Å². The number of rotatable bonds is 6. The number of carbonyl (C=O) groups is 4. The molecule has 1 saturated heterocycles. The molecule has 5 amide bonds. The largest absolute Gasteiger partial charge is 0.325 e. The summed E-state index contributed by atoms with van der Waals surface area (Å²) in [5, 5.41) is 8.13. The number of nitrogens with one attached hydrogen (secondary N) is 3. The van der Waals surface area contributed by atoms with Crippen LogP contribution in [0.3, 0.4) is 0 Å². The number of amides is 5.